The second-order valence-corrected chi connectivity index (χ2v) is 5.69. The Bertz CT molecular complexity index is 589. The third kappa shape index (κ3) is 3.86. The first-order valence-corrected chi connectivity index (χ1v) is 7.64. The van der Waals surface area contributed by atoms with Crippen molar-refractivity contribution in [3.05, 3.63) is 57.8 Å². The van der Waals surface area contributed by atoms with Gasteiger partial charge in [-0.2, -0.15) is 0 Å². The van der Waals surface area contributed by atoms with E-state index in [2.05, 4.69) is 12.2 Å². The SMILES string of the molecule is CCCNC(Cc1c(F)cccc1Cl)c1cc(C)oc1C. The zero-order valence-electron chi connectivity index (χ0n) is 12.7. The summed E-state index contributed by atoms with van der Waals surface area (Å²) in [6.07, 6.45) is 1.52. The van der Waals surface area contributed by atoms with Gasteiger partial charge in [0.1, 0.15) is 17.3 Å². The van der Waals surface area contributed by atoms with E-state index in [1.54, 1.807) is 12.1 Å². The van der Waals surface area contributed by atoms with Gasteiger partial charge in [-0.3, -0.25) is 0 Å². The van der Waals surface area contributed by atoms with Crippen LogP contribution in [-0.4, -0.2) is 6.54 Å². The number of furan rings is 1. The lowest BCUT2D eigenvalue weighted by molar-refractivity contribution is 0.476. The molecule has 0 bridgehead atoms. The molecular weight excluding hydrogens is 289 g/mol. The second-order valence-electron chi connectivity index (χ2n) is 5.28. The standard InChI is InChI=1S/C17H21ClFNO/c1-4-8-20-17(13-9-11(2)21-12(13)3)10-14-15(18)6-5-7-16(14)19/h5-7,9,17,20H,4,8,10H2,1-3H3. The predicted molar refractivity (Wildman–Crippen MR) is 84.3 cm³/mol. The van der Waals surface area contributed by atoms with E-state index in [9.17, 15) is 4.39 Å². The summed E-state index contributed by atoms with van der Waals surface area (Å²) in [5, 5.41) is 3.93. The summed E-state index contributed by atoms with van der Waals surface area (Å²) in [5.41, 5.74) is 1.62. The van der Waals surface area contributed by atoms with Gasteiger partial charge in [0, 0.05) is 22.2 Å². The van der Waals surface area contributed by atoms with E-state index < -0.39 is 0 Å². The molecule has 0 aliphatic rings. The summed E-state index contributed by atoms with van der Waals surface area (Å²) in [7, 11) is 0. The van der Waals surface area contributed by atoms with Gasteiger partial charge in [-0.15, -0.1) is 0 Å². The summed E-state index contributed by atoms with van der Waals surface area (Å²) in [6.45, 7) is 6.82. The summed E-state index contributed by atoms with van der Waals surface area (Å²) in [4.78, 5) is 0. The third-order valence-electron chi connectivity index (χ3n) is 3.57. The maximum Gasteiger partial charge on any atom is 0.127 e. The molecule has 2 aromatic rings. The highest BCUT2D eigenvalue weighted by Crippen LogP contribution is 2.29. The monoisotopic (exact) mass is 309 g/mol. The van der Waals surface area contributed by atoms with Gasteiger partial charge >= 0.3 is 0 Å². The van der Waals surface area contributed by atoms with Crippen LogP contribution in [0.25, 0.3) is 0 Å². The number of benzene rings is 1. The lowest BCUT2D eigenvalue weighted by Crippen LogP contribution is -2.24. The largest absolute Gasteiger partial charge is 0.466 e. The highest BCUT2D eigenvalue weighted by Gasteiger charge is 2.20. The van der Waals surface area contributed by atoms with Crippen molar-refractivity contribution in [1.29, 1.82) is 0 Å². The van der Waals surface area contributed by atoms with Crippen molar-refractivity contribution in [3.8, 4) is 0 Å². The quantitative estimate of drug-likeness (QED) is 0.814. The minimum atomic E-state index is -0.260. The highest BCUT2D eigenvalue weighted by atomic mass is 35.5. The minimum absolute atomic E-state index is 0.00296. The Morgan fingerprint density at radius 3 is 2.67 bits per heavy atom. The molecule has 4 heteroatoms. The van der Waals surface area contributed by atoms with Crippen LogP contribution >= 0.6 is 11.6 Å². The van der Waals surface area contributed by atoms with Gasteiger partial charge in [-0.1, -0.05) is 24.6 Å². The van der Waals surface area contributed by atoms with Crippen molar-refractivity contribution in [2.24, 2.45) is 0 Å². The van der Waals surface area contributed by atoms with Crippen LogP contribution in [0.5, 0.6) is 0 Å². The van der Waals surface area contributed by atoms with Crippen molar-refractivity contribution in [2.45, 2.75) is 39.7 Å². The molecular formula is C17H21ClFNO. The molecule has 2 rings (SSSR count). The molecule has 1 aromatic heterocycles. The second kappa shape index (κ2) is 7.10. The molecule has 0 spiro atoms. The van der Waals surface area contributed by atoms with Crippen molar-refractivity contribution in [3.63, 3.8) is 0 Å². The van der Waals surface area contributed by atoms with Crippen LogP contribution in [0.4, 0.5) is 4.39 Å². The van der Waals surface area contributed by atoms with Crippen molar-refractivity contribution < 1.29 is 8.81 Å². The van der Waals surface area contributed by atoms with Gasteiger partial charge in [0.15, 0.2) is 0 Å². The van der Waals surface area contributed by atoms with Crippen LogP contribution in [0.1, 0.15) is 42.0 Å². The van der Waals surface area contributed by atoms with E-state index in [4.69, 9.17) is 16.0 Å². The van der Waals surface area contributed by atoms with E-state index in [-0.39, 0.29) is 11.9 Å². The number of hydrogen-bond acceptors (Lipinski definition) is 2. The molecule has 1 atom stereocenters. The van der Waals surface area contributed by atoms with Gasteiger partial charge in [-0.25, -0.2) is 4.39 Å². The van der Waals surface area contributed by atoms with Crippen LogP contribution < -0.4 is 5.32 Å². The fraction of sp³-hybridized carbons (Fsp3) is 0.412. The molecule has 1 aromatic carbocycles. The molecule has 21 heavy (non-hydrogen) atoms. The Balaban J connectivity index is 2.30. The molecule has 0 amide bonds. The summed E-state index contributed by atoms with van der Waals surface area (Å²) in [6, 6.07) is 6.81. The molecule has 0 saturated carbocycles. The van der Waals surface area contributed by atoms with Gasteiger partial charge in [0.2, 0.25) is 0 Å². The Kier molecular flexibility index (Phi) is 5.43. The normalized spacial score (nSPS) is 12.6. The van der Waals surface area contributed by atoms with E-state index >= 15 is 0 Å². The van der Waals surface area contributed by atoms with E-state index in [1.807, 2.05) is 19.9 Å². The van der Waals surface area contributed by atoms with Crippen molar-refractivity contribution in [2.75, 3.05) is 6.54 Å². The number of nitrogens with one attached hydrogen (secondary N) is 1. The third-order valence-corrected chi connectivity index (χ3v) is 3.92. The van der Waals surface area contributed by atoms with Gasteiger partial charge < -0.3 is 9.73 Å². The summed E-state index contributed by atoms with van der Waals surface area (Å²) in [5.74, 6) is 1.47. The van der Waals surface area contributed by atoms with E-state index in [0.29, 0.717) is 17.0 Å². The highest BCUT2D eigenvalue weighted by molar-refractivity contribution is 6.31. The molecule has 0 aliphatic carbocycles. The Hall–Kier alpha value is -1.32. The lowest BCUT2D eigenvalue weighted by Gasteiger charge is -2.19. The average Bonchev–Trinajstić information content (AvgIpc) is 2.76. The topological polar surface area (TPSA) is 25.2 Å². The Morgan fingerprint density at radius 2 is 2.10 bits per heavy atom. The molecule has 0 aliphatic heterocycles. The Morgan fingerprint density at radius 1 is 1.33 bits per heavy atom. The van der Waals surface area contributed by atoms with Crippen LogP contribution in [-0.2, 0) is 6.42 Å². The minimum Gasteiger partial charge on any atom is -0.466 e. The fourth-order valence-electron chi connectivity index (χ4n) is 2.54. The van der Waals surface area contributed by atoms with E-state index in [0.717, 1.165) is 30.0 Å². The molecule has 0 radical (unpaired) electrons. The first-order valence-electron chi connectivity index (χ1n) is 7.26. The van der Waals surface area contributed by atoms with E-state index in [1.165, 1.54) is 6.07 Å². The number of aryl methyl sites for hydroxylation is 2. The molecule has 1 unspecified atom stereocenters. The molecule has 0 saturated heterocycles. The number of rotatable bonds is 6. The van der Waals surface area contributed by atoms with Crippen molar-refractivity contribution in [1.82, 2.24) is 5.32 Å². The molecule has 2 nitrogen and oxygen atoms in total. The molecule has 0 fully saturated rings. The van der Waals surface area contributed by atoms with Crippen LogP contribution in [0, 0.1) is 19.7 Å². The maximum absolute atomic E-state index is 14.0. The van der Waals surface area contributed by atoms with Crippen LogP contribution in [0.2, 0.25) is 5.02 Å². The molecule has 1 heterocycles. The smallest absolute Gasteiger partial charge is 0.127 e. The zero-order chi connectivity index (χ0) is 15.4. The summed E-state index contributed by atoms with van der Waals surface area (Å²) < 4.78 is 19.6. The van der Waals surface area contributed by atoms with Crippen LogP contribution in [0.15, 0.2) is 28.7 Å². The van der Waals surface area contributed by atoms with Gasteiger partial charge in [0.25, 0.3) is 0 Å². The lowest BCUT2D eigenvalue weighted by atomic mass is 9.98. The van der Waals surface area contributed by atoms with Crippen molar-refractivity contribution >= 4 is 11.6 Å². The predicted octanol–water partition coefficient (Wildman–Crippen LogP) is 4.97. The number of halogens is 2. The molecule has 1 N–H and O–H groups in total. The zero-order valence-corrected chi connectivity index (χ0v) is 13.4. The van der Waals surface area contributed by atoms with Gasteiger partial charge in [0.05, 0.1) is 0 Å². The average molecular weight is 310 g/mol. The first-order chi connectivity index (χ1) is 10.0. The summed E-state index contributed by atoms with van der Waals surface area (Å²) >= 11 is 6.15. The Labute approximate surface area is 130 Å². The molecule has 114 valence electrons. The first kappa shape index (κ1) is 16.1. The number of hydrogen-bond donors (Lipinski definition) is 1. The maximum atomic E-state index is 14.0. The van der Waals surface area contributed by atoms with Gasteiger partial charge in [-0.05, 0) is 51.4 Å². The van der Waals surface area contributed by atoms with Crippen LogP contribution in [0.3, 0.4) is 0 Å². The fourth-order valence-corrected chi connectivity index (χ4v) is 2.78.